The average Bonchev–Trinajstić information content (AvgIpc) is 2.71. The minimum absolute atomic E-state index is 0.687. The standard InChI is InChI=1S/C13H16BrN3O/c1-2-7-17-12(11(14)8-16-17)13(18)9-3-5-10(15)6-4-9/h3-6,8,13,18H,2,7,15H2,1H3. The number of nitrogens with two attached hydrogens (primary N) is 1. The lowest BCUT2D eigenvalue weighted by Gasteiger charge is -2.14. The molecule has 96 valence electrons. The van der Waals surface area contributed by atoms with E-state index < -0.39 is 6.10 Å². The van der Waals surface area contributed by atoms with Crippen LogP contribution in [0.3, 0.4) is 0 Å². The predicted octanol–water partition coefficient (Wildman–Crippen LogP) is 2.72. The highest BCUT2D eigenvalue weighted by Crippen LogP contribution is 2.29. The summed E-state index contributed by atoms with van der Waals surface area (Å²) in [4.78, 5) is 0. The third kappa shape index (κ3) is 2.57. The fourth-order valence-electron chi connectivity index (χ4n) is 1.87. The van der Waals surface area contributed by atoms with Gasteiger partial charge in [0.15, 0.2) is 0 Å². The Balaban J connectivity index is 2.35. The van der Waals surface area contributed by atoms with Crippen molar-refractivity contribution in [1.82, 2.24) is 9.78 Å². The topological polar surface area (TPSA) is 64.1 Å². The highest BCUT2D eigenvalue weighted by Gasteiger charge is 2.19. The molecule has 0 fully saturated rings. The minimum Gasteiger partial charge on any atom is -0.399 e. The highest BCUT2D eigenvalue weighted by atomic mass is 79.9. The number of halogens is 1. The van der Waals surface area contributed by atoms with Gasteiger partial charge in [-0.05, 0) is 40.0 Å². The summed E-state index contributed by atoms with van der Waals surface area (Å²) in [6.07, 6.45) is 1.98. The van der Waals surface area contributed by atoms with Crippen LogP contribution in [0, 0.1) is 0 Å². The zero-order valence-corrected chi connectivity index (χ0v) is 11.8. The molecule has 0 aliphatic carbocycles. The quantitative estimate of drug-likeness (QED) is 0.854. The van der Waals surface area contributed by atoms with E-state index in [0.717, 1.165) is 28.7 Å². The molecular formula is C13H16BrN3O. The molecule has 2 rings (SSSR count). The molecule has 1 atom stereocenters. The number of aliphatic hydroxyl groups excluding tert-OH is 1. The van der Waals surface area contributed by atoms with E-state index in [1.807, 2.05) is 16.8 Å². The van der Waals surface area contributed by atoms with Crippen molar-refractivity contribution in [1.29, 1.82) is 0 Å². The first-order chi connectivity index (χ1) is 8.63. The lowest BCUT2D eigenvalue weighted by Crippen LogP contribution is -2.10. The van der Waals surface area contributed by atoms with Crippen LogP contribution in [0.4, 0.5) is 5.69 Å². The van der Waals surface area contributed by atoms with E-state index in [0.29, 0.717) is 5.69 Å². The molecule has 2 aromatic rings. The molecule has 0 saturated heterocycles. The molecule has 0 amide bonds. The van der Waals surface area contributed by atoms with Crippen molar-refractivity contribution in [3.8, 4) is 0 Å². The SMILES string of the molecule is CCCn1ncc(Br)c1C(O)c1ccc(N)cc1. The van der Waals surface area contributed by atoms with E-state index in [1.165, 1.54) is 0 Å². The highest BCUT2D eigenvalue weighted by molar-refractivity contribution is 9.10. The van der Waals surface area contributed by atoms with Gasteiger partial charge in [0, 0.05) is 12.2 Å². The number of aliphatic hydroxyl groups is 1. The maximum absolute atomic E-state index is 10.4. The van der Waals surface area contributed by atoms with Crippen molar-refractivity contribution < 1.29 is 5.11 Å². The summed E-state index contributed by atoms with van der Waals surface area (Å²) in [5.41, 5.74) is 7.92. The molecule has 4 nitrogen and oxygen atoms in total. The molecule has 1 heterocycles. The van der Waals surface area contributed by atoms with Crippen molar-refractivity contribution in [3.05, 3.63) is 46.2 Å². The maximum atomic E-state index is 10.4. The van der Waals surface area contributed by atoms with Crippen molar-refractivity contribution >= 4 is 21.6 Å². The first-order valence-electron chi connectivity index (χ1n) is 5.88. The molecule has 3 N–H and O–H groups in total. The molecule has 1 aromatic carbocycles. The molecule has 1 aromatic heterocycles. The molecular weight excluding hydrogens is 294 g/mol. The average molecular weight is 310 g/mol. The van der Waals surface area contributed by atoms with Crippen LogP contribution < -0.4 is 5.73 Å². The van der Waals surface area contributed by atoms with Gasteiger partial charge in [0.1, 0.15) is 6.10 Å². The van der Waals surface area contributed by atoms with Crippen molar-refractivity contribution in [2.24, 2.45) is 0 Å². The summed E-state index contributed by atoms with van der Waals surface area (Å²) in [6, 6.07) is 7.23. The van der Waals surface area contributed by atoms with Gasteiger partial charge in [-0.1, -0.05) is 19.1 Å². The molecule has 1 unspecified atom stereocenters. The number of aromatic nitrogens is 2. The van der Waals surface area contributed by atoms with E-state index in [9.17, 15) is 5.11 Å². The molecule has 0 radical (unpaired) electrons. The van der Waals surface area contributed by atoms with Crippen molar-refractivity contribution in [2.45, 2.75) is 26.0 Å². The zero-order chi connectivity index (χ0) is 13.1. The van der Waals surface area contributed by atoms with Gasteiger partial charge in [-0.15, -0.1) is 0 Å². The first-order valence-corrected chi connectivity index (χ1v) is 6.67. The molecule has 0 aliphatic rings. The maximum Gasteiger partial charge on any atom is 0.122 e. The van der Waals surface area contributed by atoms with E-state index in [4.69, 9.17) is 5.73 Å². The van der Waals surface area contributed by atoms with Gasteiger partial charge in [-0.3, -0.25) is 4.68 Å². The Labute approximate surface area is 115 Å². The molecule has 5 heteroatoms. The molecule has 0 spiro atoms. The summed E-state index contributed by atoms with van der Waals surface area (Å²) in [6.45, 7) is 2.86. The number of anilines is 1. The Bertz CT molecular complexity index is 522. The molecule has 0 saturated carbocycles. The fraction of sp³-hybridized carbons (Fsp3) is 0.308. The van der Waals surface area contributed by atoms with Gasteiger partial charge < -0.3 is 10.8 Å². The predicted molar refractivity (Wildman–Crippen MR) is 75.1 cm³/mol. The molecule has 0 aliphatic heterocycles. The summed E-state index contributed by atoms with van der Waals surface area (Å²) in [7, 11) is 0. The minimum atomic E-state index is -0.700. The van der Waals surface area contributed by atoms with Gasteiger partial charge in [0.2, 0.25) is 0 Å². The Morgan fingerprint density at radius 3 is 2.67 bits per heavy atom. The van der Waals surface area contributed by atoms with Crippen LogP contribution in [0.2, 0.25) is 0 Å². The van der Waals surface area contributed by atoms with E-state index in [2.05, 4.69) is 28.0 Å². The van der Waals surface area contributed by atoms with Gasteiger partial charge in [-0.2, -0.15) is 5.10 Å². The van der Waals surface area contributed by atoms with Crippen LogP contribution in [-0.2, 0) is 6.54 Å². The van der Waals surface area contributed by atoms with Crippen LogP contribution >= 0.6 is 15.9 Å². The number of hydrogen-bond acceptors (Lipinski definition) is 3. The van der Waals surface area contributed by atoms with Gasteiger partial charge in [-0.25, -0.2) is 0 Å². The second-order valence-electron chi connectivity index (χ2n) is 4.17. The smallest absolute Gasteiger partial charge is 0.122 e. The van der Waals surface area contributed by atoms with Crippen LogP contribution in [0.5, 0.6) is 0 Å². The molecule has 0 bridgehead atoms. The van der Waals surface area contributed by atoms with Crippen LogP contribution in [0.15, 0.2) is 34.9 Å². The number of nitrogens with zero attached hydrogens (tertiary/aromatic N) is 2. The van der Waals surface area contributed by atoms with Crippen molar-refractivity contribution in [3.63, 3.8) is 0 Å². The van der Waals surface area contributed by atoms with Gasteiger partial charge in [0.25, 0.3) is 0 Å². The van der Waals surface area contributed by atoms with Crippen LogP contribution in [0.1, 0.15) is 30.7 Å². The largest absolute Gasteiger partial charge is 0.399 e. The third-order valence-corrected chi connectivity index (χ3v) is 3.39. The van der Waals surface area contributed by atoms with Crippen molar-refractivity contribution in [2.75, 3.05) is 5.73 Å². The van der Waals surface area contributed by atoms with E-state index >= 15 is 0 Å². The zero-order valence-electron chi connectivity index (χ0n) is 10.2. The molecule has 18 heavy (non-hydrogen) atoms. The Hall–Kier alpha value is -1.33. The lowest BCUT2D eigenvalue weighted by atomic mass is 10.1. The Kier molecular flexibility index (Phi) is 4.04. The van der Waals surface area contributed by atoms with E-state index in [1.54, 1.807) is 18.3 Å². The number of rotatable bonds is 4. The number of benzene rings is 1. The van der Waals surface area contributed by atoms with Crippen LogP contribution in [-0.4, -0.2) is 14.9 Å². The second kappa shape index (κ2) is 5.54. The van der Waals surface area contributed by atoms with Gasteiger partial charge >= 0.3 is 0 Å². The summed E-state index contributed by atoms with van der Waals surface area (Å²) in [5, 5.41) is 14.7. The summed E-state index contributed by atoms with van der Waals surface area (Å²) < 4.78 is 2.64. The fourth-order valence-corrected chi connectivity index (χ4v) is 2.38. The lowest BCUT2D eigenvalue weighted by molar-refractivity contribution is 0.206. The van der Waals surface area contributed by atoms with Crippen LogP contribution in [0.25, 0.3) is 0 Å². The summed E-state index contributed by atoms with van der Waals surface area (Å²) in [5.74, 6) is 0. The third-order valence-electron chi connectivity index (χ3n) is 2.78. The van der Waals surface area contributed by atoms with E-state index in [-0.39, 0.29) is 0 Å². The Morgan fingerprint density at radius 1 is 1.39 bits per heavy atom. The Morgan fingerprint density at radius 2 is 2.06 bits per heavy atom. The monoisotopic (exact) mass is 309 g/mol. The first kappa shape index (κ1) is 13.1. The number of nitrogen functional groups attached to an aromatic ring is 1. The second-order valence-corrected chi connectivity index (χ2v) is 5.02. The normalized spacial score (nSPS) is 12.6. The number of aryl methyl sites for hydroxylation is 1. The number of hydrogen-bond donors (Lipinski definition) is 2. The van der Waals surface area contributed by atoms with Gasteiger partial charge in [0.05, 0.1) is 16.4 Å². The summed E-state index contributed by atoms with van der Waals surface area (Å²) >= 11 is 3.43.